The molecule has 2 aromatic rings. The van der Waals surface area contributed by atoms with E-state index < -0.39 is 0 Å². The maximum Gasteiger partial charge on any atom is 0.148 e. The molecule has 5 heteroatoms. The molecule has 2 N–H and O–H groups in total. The summed E-state index contributed by atoms with van der Waals surface area (Å²) in [6, 6.07) is 7.33. The van der Waals surface area contributed by atoms with Gasteiger partial charge in [0.25, 0.3) is 0 Å². The molecule has 0 aromatic carbocycles. The van der Waals surface area contributed by atoms with Gasteiger partial charge in [-0.25, -0.2) is 0 Å². The molecule has 2 aromatic heterocycles. The van der Waals surface area contributed by atoms with Crippen molar-refractivity contribution in [3.05, 3.63) is 47.5 Å². The molecule has 2 rings (SSSR count). The van der Waals surface area contributed by atoms with Crippen LogP contribution in [0.3, 0.4) is 0 Å². The molecule has 0 amide bonds. The zero-order valence-electron chi connectivity index (χ0n) is 10.9. The highest BCUT2D eigenvalue weighted by molar-refractivity contribution is 7.80. The van der Waals surface area contributed by atoms with Crippen LogP contribution in [0, 0.1) is 6.92 Å². The standard InChI is InChI=1S/C14H15N3OS/c1-3-11-13(5-4-9(2)17-11)18-10-6-7-16-12(8-10)14(15)19/h4-8H,3H2,1-2H3,(H2,15,19). The van der Waals surface area contributed by atoms with E-state index in [-0.39, 0.29) is 4.99 Å². The van der Waals surface area contributed by atoms with Crippen molar-refractivity contribution >= 4 is 17.2 Å². The largest absolute Gasteiger partial charge is 0.455 e. The number of aryl methyl sites for hydroxylation is 2. The molecule has 0 spiro atoms. The summed E-state index contributed by atoms with van der Waals surface area (Å²) < 4.78 is 5.83. The minimum atomic E-state index is 0.253. The number of ether oxygens (including phenoxy) is 1. The van der Waals surface area contributed by atoms with Gasteiger partial charge in [0.1, 0.15) is 22.2 Å². The number of thiocarbonyl (C=S) groups is 1. The van der Waals surface area contributed by atoms with E-state index in [0.29, 0.717) is 11.4 Å². The van der Waals surface area contributed by atoms with Gasteiger partial charge in [-0.15, -0.1) is 0 Å². The maximum atomic E-state index is 5.83. The average Bonchev–Trinajstić information content (AvgIpc) is 2.41. The number of nitrogens with two attached hydrogens (primary N) is 1. The molecule has 0 saturated carbocycles. The summed E-state index contributed by atoms with van der Waals surface area (Å²) >= 11 is 4.90. The Bertz CT molecular complexity index is 613. The van der Waals surface area contributed by atoms with Crippen molar-refractivity contribution in [1.29, 1.82) is 0 Å². The minimum absolute atomic E-state index is 0.253. The summed E-state index contributed by atoms with van der Waals surface area (Å²) in [5.41, 5.74) is 8.00. The van der Waals surface area contributed by atoms with E-state index in [0.717, 1.165) is 23.6 Å². The highest BCUT2D eigenvalue weighted by atomic mass is 32.1. The molecule has 19 heavy (non-hydrogen) atoms. The van der Waals surface area contributed by atoms with Crippen LogP contribution in [0.2, 0.25) is 0 Å². The molecule has 0 bridgehead atoms. The molecule has 4 nitrogen and oxygen atoms in total. The average molecular weight is 273 g/mol. The van der Waals surface area contributed by atoms with E-state index in [4.69, 9.17) is 22.7 Å². The first-order valence-corrected chi connectivity index (χ1v) is 6.41. The van der Waals surface area contributed by atoms with Crippen molar-refractivity contribution in [3.63, 3.8) is 0 Å². The lowest BCUT2D eigenvalue weighted by molar-refractivity contribution is 0.472. The Balaban J connectivity index is 2.30. The van der Waals surface area contributed by atoms with E-state index in [1.165, 1.54) is 0 Å². The topological polar surface area (TPSA) is 61.0 Å². The number of aromatic nitrogens is 2. The van der Waals surface area contributed by atoms with Gasteiger partial charge in [0, 0.05) is 18.0 Å². The fourth-order valence-corrected chi connectivity index (χ4v) is 1.79. The molecule has 0 saturated heterocycles. The molecular weight excluding hydrogens is 258 g/mol. The number of hydrogen-bond acceptors (Lipinski definition) is 4. The monoisotopic (exact) mass is 273 g/mol. The van der Waals surface area contributed by atoms with Gasteiger partial charge in [-0.1, -0.05) is 19.1 Å². The van der Waals surface area contributed by atoms with Crippen LogP contribution in [-0.2, 0) is 6.42 Å². The summed E-state index contributed by atoms with van der Waals surface area (Å²) in [4.78, 5) is 8.78. The summed E-state index contributed by atoms with van der Waals surface area (Å²) in [5.74, 6) is 1.39. The lowest BCUT2D eigenvalue weighted by Crippen LogP contribution is -2.11. The van der Waals surface area contributed by atoms with Crippen LogP contribution in [-0.4, -0.2) is 15.0 Å². The van der Waals surface area contributed by atoms with Crippen molar-refractivity contribution in [2.45, 2.75) is 20.3 Å². The number of rotatable bonds is 4. The Kier molecular flexibility index (Phi) is 4.06. The van der Waals surface area contributed by atoms with Crippen LogP contribution in [0.1, 0.15) is 24.0 Å². The molecule has 0 aliphatic rings. The Morgan fingerprint density at radius 2 is 2.16 bits per heavy atom. The molecule has 2 heterocycles. The van der Waals surface area contributed by atoms with Crippen molar-refractivity contribution in [1.82, 2.24) is 9.97 Å². The van der Waals surface area contributed by atoms with E-state index in [1.54, 1.807) is 18.3 Å². The first kappa shape index (κ1) is 13.4. The van der Waals surface area contributed by atoms with Gasteiger partial charge in [0.15, 0.2) is 0 Å². The van der Waals surface area contributed by atoms with Gasteiger partial charge in [-0.2, -0.15) is 0 Å². The van der Waals surface area contributed by atoms with E-state index in [2.05, 4.69) is 9.97 Å². The van der Waals surface area contributed by atoms with Crippen molar-refractivity contribution in [2.24, 2.45) is 5.73 Å². The molecule has 0 fully saturated rings. The van der Waals surface area contributed by atoms with Crippen LogP contribution >= 0.6 is 12.2 Å². The molecule has 0 atom stereocenters. The third kappa shape index (κ3) is 3.26. The van der Waals surface area contributed by atoms with Crippen molar-refractivity contribution < 1.29 is 4.74 Å². The minimum Gasteiger partial charge on any atom is -0.455 e. The number of nitrogens with zero attached hydrogens (tertiary/aromatic N) is 2. The zero-order chi connectivity index (χ0) is 13.8. The Morgan fingerprint density at radius 3 is 2.84 bits per heavy atom. The highest BCUT2D eigenvalue weighted by Crippen LogP contribution is 2.25. The highest BCUT2D eigenvalue weighted by Gasteiger charge is 2.07. The first-order valence-electron chi connectivity index (χ1n) is 6.00. The molecule has 0 radical (unpaired) electrons. The maximum absolute atomic E-state index is 5.83. The Morgan fingerprint density at radius 1 is 1.37 bits per heavy atom. The zero-order valence-corrected chi connectivity index (χ0v) is 11.7. The third-order valence-electron chi connectivity index (χ3n) is 2.62. The lowest BCUT2D eigenvalue weighted by Gasteiger charge is -2.10. The lowest BCUT2D eigenvalue weighted by atomic mass is 10.2. The van der Waals surface area contributed by atoms with Crippen LogP contribution in [0.5, 0.6) is 11.5 Å². The summed E-state index contributed by atoms with van der Waals surface area (Å²) in [6.45, 7) is 4.00. The summed E-state index contributed by atoms with van der Waals surface area (Å²) in [7, 11) is 0. The molecule has 98 valence electrons. The van der Waals surface area contributed by atoms with Gasteiger partial charge in [0.05, 0.1) is 5.69 Å². The fourth-order valence-electron chi connectivity index (χ4n) is 1.68. The smallest absolute Gasteiger partial charge is 0.148 e. The summed E-state index contributed by atoms with van der Waals surface area (Å²) in [6.07, 6.45) is 2.43. The van der Waals surface area contributed by atoms with E-state index in [1.807, 2.05) is 26.0 Å². The van der Waals surface area contributed by atoms with E-state index >= 15 is 0 Å². The van der Waals surface area contributed by atoms with Crippen molar-refractivity contribution in [2.75, 3.05) is 0 Å². The predicted molar refractivity (Wildman–Crippen MR) is 78.6 cm³/mol. The second-order valence-electron chi connectivity index (χ2n) is 4.09. The number of pyridine rings is 2. The van der Waals surface area contributed by atoms with E-state index in [9.17, 15) is 0 Å². The molecule has 0 aliphatic heterocycles. The third-order valence-corrected chi connectivity index (χ3v) is 2.83. The van der Waals surface area contributed by atoms with Crippen LogP contribution in [0.15, 0.2) is 30.5 Å². The van der Waals surface area contributed by atoms with Crippen LogP contribution in [0.25, 0.3) is 0 Å². The van der Waals surface area contributed by atoms with Gasteiger partial charge >= 0.3 is 0 Å². The second kappa shape index (κ2) is 5.75. The van der Waals surface area contributed by atoms with Crippen LogP contribution < -0.4 is 10.5 Å². The van der Waals surface area contributed by atoms with Gasteiger partial charge in [-0.3, -0.25) is 9.97 Å². The van der Waals surface area contributed by atoms with Gasteiger partial charge < -0.3 is 10.5 Å². The summed E-state index contributed by atoms with van der Waals surface area (Å²) in [5, 5.41) is 0. The number of hydrogen-bond donors (Lipinski definition) is 1. The van der Waals surface area contributed by atoms with Gasteiger partial charge in [0.2, 0.25) is 0 Å². The fraction of sp³-hybridized carbons (Fsp3) is 0.214. The van der Waals surface area contributed by atoms with Crippen LogP contribution in [0.4, 0.5) is 0 Å². The molecule has 0 unspecified atom stereocenters. The normalized spacial score (nSPS) is 10.2. The van der Waals surface area contributed by atoms with Crippen molar-refractivity contribution in [3.8, 4) is 11.5 Å². The SMILES string of the molecule is CCc1nc(C)ccc1Oc1ccnc(C(N)=S)c1. The Labute approximate surface area is 117 Å². The van der Waals surface area contributed by atoms with Gasteiger partial charge in [-0.05, 0) is 31.5 Å². The Hall–Kier alpha value is -2.01. The predicted octanol–water partition coefficient (Wildman–Crippen LogP) is 2.77. The first-order chi connectivity index (χ1) is 9.10. The second-order valence-corrected chi connectivity index (χ2v) is 4.53. The quantitative estimate of drug-likeness (QED) is 0.868. The molecular formula is C14H15N3OS. The molecule has 0 aliphatic carbocycles.